The number of carbonyl (C=O) groups is 1. The van der Waals surface area contributed by atoms with Crippen LogP contribution in [0.15, 0.2) is 68.7 Å². The lowest BCUT2D eigenvalue weighted by Gasteiger charge is -2.12. The number of hydrogen-bond acceptors (Lipinski definition) is 7. The molecule has 1 amide bonds. The molecule has 0 unspecified atom stereocenters. The van der Waals surface area contributed by atoms with Gasteiger partial charge in [0.1, 0.15) is 0 Å². The van der Waals surface area contributed by atoms with E-state index in [9.17, 15) is 14.4 Å². The van der Waals surface area contributed by atoms with Crippen molar-refractivity contribution >= 4 is 5.91 Å². The molecular formula is C25H26N6O4. The lowest BCUT2D eigenvalue weighted by Crippen LogP contribution is -2.41. The van der Waals surface area contributed by atoms with E-state index in [0.717, 1.165) is 27.7 Å². The van der Waals surface area contributed by atoms with E-state index < -0.39 is 17.2 Å². The lowest BCUT2D eigenvalue weighted by molar-refractivity contribution is 0.0894. The Kier molecular flexibility index (Phi) is 7.00. The smallest absolute Gasteiger partial charge is 0.345 e. The maximum atomic E-state index is 12.9. The van der Waals surface area contributed by atoms with Crippen molar-refractivity contribution < 1.29 is 9.32 Å². The molecule has 4 rings (SSSR count). The van der Waals surface area contributed by atoms with Gasteiger partial charge in [0.25, 0.3) is 5.56 Å². The fraction of sp³-hybridized carbons (Fsp3) is 0.280. The highest BCUT2D eigenvalue weighted by Crippen LogP contribution is 2.11. The number of nitrogens with zero attached hydrogens (tertiary/aromatic N) is 5. The molecule has 2 heterocycles. The molecule has 10 nitrogen and oxygen atoms in total. The number of carbonyl (C=O) groups excluding carboxylic acids is 1. The van der Waals surface area contributed by atoms with Gasteiger partial charge in [-0.15, -0.1) is 0 Å². The van der Waals surface area contributed by atoms with E-state index in [1.807, 2.05) is 56.3 Å². The quantitative estimate of drug-likeness (QED) is 0.416. The Morgan fingerprint density at radius 3 is 2.49 bits per heavy atom. The number of hydrogen-bond donors (Lipinski definition) is 1. The SMILES string of the molecule is CCn1c(=O)c(-c2noc(C(=O)N[C@H](C)CCc3ccccc3)n2)nn(-c2ccc(C)cc2)c1=O. The zero-order valence-corrected chi connectivity index (χ0v) is 19.8. The summed E-state index contributed by atoms with van der Waals surface area (Å²) in [6.07, 6.45) is 1.53. The highest BCUT2D eigenvalue weighted by molar-refractivity contribution is 5.90. The molecule has 180 valence electrons. The average molecular weight is 475 g/mol. The molecule has 0 aliphatic rings. The number of nitrogens with one attached hydrogen (secondary N) is 1. The molecule has 0 aliphatic heterocycles. The highest BCUT2D eigenvalue weighted by atomic mass is 16.5. The van der Waals surface area contributed by atoms with Gasteiger partial charge in [0.15, 0.2) is 5.69 Å². The second kappa shape index (κ2) is 10.3. The van der Waals surface area contributed by atoms with Crippen molar-refractivity contribution in [3.05, 3.63) is 92.5 Å². The normalized spacial score (nSPS) is 11.9. The monoisotopic (exact) mass is 474 g/mol. The van der Waals surface area contributed by atoms with E-state index in [1.165, 1.54) is 5.56 Å². The fourth-order valence-corrected chi connectivity index (χ4v) is 3.59. The Morgan fingerprint density at radius 2 is 1.80 bits per heavy atom. The molecular weight excluding hydrogens is 448 g/mol. The van der Waals surface area contributed by atoms with Crippen LogP contribution in [-0.4, -0.2) is 36.4 Å². The minimum atomic E-state index is -0.662. The summed E-state index contributed by atoms with van der Waals surface area (Å²) in [5.41, 5.74) is 1.24. The first-order chi connectivity index (χ1) is 16.9. The topological polar surface area (TPSA) is 125 Å². The van der Waals surface area contributed by atoms with E-state index in [4.69, 9.17) is 4.52 Å². The number of rotatable bonds is 8. The lowest BCUT2D eigenvalue weighted by atomic mass is 10.1. The van der Waals surface area contributed by atoms with Crippen LogP contribution in [0, 0.1) is 6.92 Å². The number of aryl methyl sites for hydroxylation is 2. The van der Waals surface area contributed by atoms with Crippen LogP contribution in [0.25, 0.3) is 17.2 Å². The molecule has 0 bridgehead atoms. The zero-order chi connectivity index (χ0) is 24.9. The van der Waals surface area contributed by atoms with Gasteiger partial charge in [-0.2, -0.15) is 14.8 Å². The molecule has 0 aliphatic carbocycles. The molecule has 1 N–H and O–H groups in total. The predicted molar refractivity (Wildman–Crippen MR) is 129 cm³/mol. The Balaban J connectivity index is 1.57. The van der Waals surface area contributed by atoms with Crippen molar-refractivity contribution in [2.24, 2.45) is 0 Å². The van der Waals surface area contributed by atoms with Gasteiger partial charge >= 0.3 is 17.5 Å². The molecule has 0 saturated carbocycles. The third-order valence-electron chi connectivity index (χ3n) is 5.57. The first-order valence-electron chi connectivity index (χ1n) is 11.4. The summed E-state index contributed by atoms with van der Waals surface area (Å²) >= 11 is 0. The standard InChI is InChI=1S/C25H26N6O4/c1-4-30-24(33)20(28-31(25(30)34)19-14-10-16(2)11-15-19)21-27-23(35-29-21)22(32)26-17(3)12-13-18-8-6-5-7-9-18/h5-11,14-15,17H,4,12-13H2,1-3H3,(H,26,32)/t17-/m1/s1. The van der Waals surface area contributed by atoms with E-state index >= 15 is 0 Å². The Hall–Kier alpha value is -4.34. The maximum absolute atomic E-state index is 12.9. The predicted octanol–water partition coefficient (Wildman–Crippen LogP) is 2.52. The fourth-order valence-electron chi connectivity index (χ4n) is 3.59. The molecule has 1 atom stereocenters. The van der Waals surface area contributed by atoms with Crippen molar-refractivity contribution in [1.82, 2.24) is 29.8 Å². The van der Waals surface area contributed by atoms with Gasteiger partial charge < -0.3 is 9.84 Å². The summed E-state index contributed by atoms with van der Waals surface area (Å²) in [7, 11) is 0. The summed E-state index contributed by atoms with van der Waals surface area (Å²) in [5, 5.41) is 10.8. The Bertz CT molecular complexity index is 1440. The van der Waals surface area contributed by atoms with E-state index in [2.05, 4.69) is 20.6 Å². The Labute approximate surface area is 201 Å². The second-order valence-corrected chi connectivity index (χ2v) is 8.25. The van der Waals surface area contributed by atoms with Crippen LogP contribution in [0.5, 0.6) is 0 Å². The van der Waals surface area contributed by atoms with E-state index in [1.54, 1.807) is 19.1 Å². The summed E-state index contributed by atoms with van der Waals surface area (Å²) in [6, 6.07) is 16.9. The van der Waals surface area contributed by atoms with Crippen molar-refractivity contribution in [3.8, 4) is 17.2 Å². The molecule has 0 spiro atoms. The molecule has 0 radical (unpaired) electrons. The van der Waals surface area contributed by atoms with Crippen LogP contribution in [0.4, 0.5) is 0 Å². The molecule has 2 aromatic carbocycles. The minimum absolute atomic E-state index is 0.128. The molecule has 10 heteroatoms. The summed E-state index contributed by atoms with van der Waals surface area (Å²) < 4.78 is 7.26. The van der Waals surface area contributed by atoms with Crippen LogP contribution in [0.3, 0.4) is 0 Å². The molecule has 0 fully saturated rings. The number of aromatic nitrogens is 5. The van der Waals surface area contributed by atoms with Gasteiger partial charge in [0.05, 0.1) is 5.69 Å². The van der Waals surface area contributed by atoms with Crippen LogP contribution >= 0.6 is 0 Å². The van der Waals surface area contributed by atoms with Crippen molar-refractivity contribution in [3.63, 3.8) is 0 Å². The third-order valence-corrected chi connectivity index (χ3v) is 5.57. The maximum Gasteiger partial charge on any atom is 0.352 e. The van der Waals surface area contributed by atoms with Crippen LogP contribution in [0.1, 0.15) is 42.1 Å². The van der Waals surface area contributed by atoms with Gasteiger partial charge in [-0.25, -0.2) is 4.79 Å². The van der Waals surface area contributed by atoms with Gasteiger partial charge in [0, 0.05) is 12.6 Å². The number of amides is 1. The van der Waals surface area contributed by atoms with Crippen molar-refractivity contribution in [2.75, 3.05) is 0 Å². The average Bonchev–Trinajstić information content (AvgIpc) is 3.35. The molecule has 0 saturated heterocycles. The minimum Gasteiger partial charge on any atom is -0.345 e. The summed E-state index contributed by atoms with van der Waals surface area (Å²) in [4.78, 5) is 42.4. The van der Waals surface area contributed by atoms with Crippen LogP contribution in [-0.2, 0) is 13.0 Å². The Morgan fingerprint density at radius 1 is 1.09 bits per heavy atom. The van der Waals surface area contributed by atoms with Crippen LogP contribution < -0.4 is 16.6 Å². The summed E-state index contributed by atoms with van der Waals surface area (Å²) in [6.45, 7) is 5.62. The first-order valence-corrected chi connectivity index (χ1v) is 11.4. The van der Waals surface area contributed by atoms with E-state index in [-0.39, 0.29) is 30.0 Å². The first kappa shape index (κ1) is 23.8. The van der Waals surface area contributed by atoms with E-state index in [0.29, 0.717) is 5.69 Å². The molecule has 2 aromatic heterocycles. The van der Waals surface area contributed by atoms with Gasteiger partial charge in [-0.1, -0.05) is 53.2 Å². The van der Waals surface area contributed by atoms with Gasteiger partial charge in [-0.05, 0) is 51.3 Å². The van der Waals surface area contributed by atoms with Crippen LogP contribution in [0.2, 0.25) is 0 Å². The molecule has 4 aromatic rings. The van der Waals surface area contributed by atoms with Crippen molar-refractivity contribution in [1.29, 1.82) is 0 Å². The molecule has 35 heavy (non-hydrogen) atoms. The second-order valence-electron chi connectivity index (χ2n) is 8.25. The zero-order valence-electron chi connectivity index (χ0n) is 19.8. The van der Waals surface area contributed by atoms with Gasteiger partial charge in [0.2, 0.25) is 5.82 Å². The van der Waals surface area contributed by atoms with Crippen molar-refractivity contribution in [2.45, 2.75) is 46.2 Å². The summed E-state index contributed by atoms with van der Waals surface area (Å²) in [5.74, 6) is -1.00. The largest absolute Gasteiger partial charge is 0.352 e. The third kappa shape index (κ3) is 5.26. The number of benzene rings is 2. The highest BCUT2D eigenvalue weighted by Gasteiger charge is 2.23. The van der Waals surface area contributed by atoms with Gasteiger partial charge in [-0.3, -0.25) is 14.2 Å².